The summed E-state index contributed by atoms with van der Waals surface area (Å²) in [4.78, 5) is 14.7. The highest BCUT2D eigenvalue weighted by Gasteiger charge is 2.23. The van der Waals surface area contributed by atoms with Gasteiger partial charge in [0, 0.05) is 36.8 Å². The van der Waals surface area contributed by atoms with Crippen LogP contribution in [0.3, 0.4) is 0 Å². The largest absolute Gasteiger partial charge is 0.341 e. The van der Waals surface area contributed by atoms with E-state index in [0.29, 0.717) is 6.54 Å². The highest BCUT2D eigenvalue weighted by molar-refractivity contribution is 5.79. The fraction of sp³-hybridized carbons (Fsp3) is 0.250. The molecule has 4 nitrogen and oxygen atoms in total. The van der Waals surface area contributed by atoms with Crippen molar-refractivity contribution in [2.24, 2.45) is 5.92 Å². The second-order valence-electron chi connectivity index (χ2n) is 7.32. The van der Waals surface area contributed by atoms with E-state index in [1.54, 1.807) is 0 Å². The minimum atomic E-state index is 0.0966. The molecule has 28 heavy (non-hydrogen) atoms. The fourth-order valence-electron chi connectivity index (χ4n) is 3.74. The fourth-order valence-corrected chi connectivity index (χ4v) is 3.74. The summed E-state index contributed by atoms with van der Waals surface area (Å²) in [5, 5.41) is 4.84. The van der Waals surface area contributed by atoms with Crippen molar-refractivity contribution in [3.05, 3.63) is 84.6 Å². The number of nitrogens with zero attached hydrogens (tertiary/aromatic N) is 3. The molecule has 1 atom stereocenters. The first-order valence-electron chi connectivity index (χ1n) is 9.82. The van der Waals surface area contributed by atoms with Crippen molar-refractivity contribution in [2.75, 3.05) is 7.05 Å². The van der Waals surface area contributed by atoms with E-state index in [9.17, 15) is 4.79 Å². The first-order valence-corrected chi connectivity index (χ1v) is 9.82. The molecule has 1 heterocycles. The van der Waals surface area contributed by atoms with Crippen LogP contribution in [-0.4, -0.2) is 27.6 Å². The molecule has 0 aliphatic heterocycles. The Morgan fingerprint density at radius 3 is 2.46 bits per heavy atom. The normalized spacial score (nSPS) is 16.1. The Morgan fingerprint density at radius 2 is 1.79 bits per heavy atom. The lowest BCUT2D eigenvalue weighted by Gasteiger charge is -2.24. The molecule has 142 valence electrons. The Hall–Kier alpha value is -3.14. The lowest BCUT2D eigenvalue weighted by Crippen LogP contribution is -2.33. The molecule has 1 aliphatic carbocycles. The van der Waals surface area contributed by atoms with Crippen LogP contribution in [0.5, 0.6) is 0 Å². The second-order valence-corrected chi connectivity index (χ2v) is 7.32. The third-order valence-electron chi connectivity index (χ3n) is 5.26. The van der Waals surface area contributed by atoms with Crippen molar-refractivity contribution in [2.45, 2.75) is 25.8 Å². The number of amides is 1. The van der Waals surface area contributed by atoms with Crippen LogP contribution in [0.25, 0.3) is 16.9 Å². The SMILES string of the molecule is CN(Cc1cn(-c2ccccc2)nc1-c1ccccc1)C(=O)[C@@H]1CC=CCC1. The van der Waals surface area contributed by atoms with Crippen molar-refractivity contribution in [1.29, 1.82) is 0 Å². The molecule has 0 saturated carbocycles. The summed E-state index contributed by atoms with van der Waals surface area (Å²) in [6.45, 7) is 0.552. The number of carbonyl (C=O) groups is 1. The Morgan fingerprint density at radius 1 is 1.07 bits per heavy atom. The first kappa shape index (κ1) is 18.2. The van der Waals surface area contributed by atoms with Crippen LogP contribution >= 0.6 is 0 Å². The predicted molar refractivity (Wildman–Crippen MR) is 112 cm³/mol. The average molecular weight is 371 g/mol. The van der Waals surface area contributed by atoms with Gasteiger partial charge in [-0.25, -0.2) is 4.68 Å². The van der Waals surface area contributed by atoms with E-state index in [4.69, 9.17) is 5.10 Å². The predicted octanol–water partition coefficient (Wildman–Crippen LogP) is 4.85. The molecule has 1 amide bonds. The number of carbonyl (C=O) groups excluding carboxylic acids is 1. The molecule has 0 fully saturated rings. The number of aromatic nitrogens is 2. The minimum absolute atomic E-state index is 0.0966. The standard InChI is InChI=1S/C24H25N3O/c1-26(24(28)20-13-7-3-8-14-20)17-21-18-27(22-15-9-4-10-16-22)25-23(21)19-11-5-2-6-12-19/h2-7,9-12,15-16,18,20H,8,13-14,17H2,1H3/t20-/m1/s1. The average Bonchev–Trinajstić information content (AvgIpc) is 3.19. The van der Waals surface area contributed by atoms with Crippen molar-refractivity contribution >= 4 is 5.91 Å². The number of hydrogen-bond acceptors (Lipinski definition) is 2. The molecule has 0 spiro atoms. The molecule has 0 saturated heterocycles. The molecular weight excluding hydrogens is 346 g/mol. The summed E-state index contributed by atoms with van der Waals surface area (Å²) in [5.74, 6) is 0.315. The molecule has 4 rings (SSSR count). The summed E-state index contributed by atoms with van der Waals surface area (Å²) in [7, 11) is 1.90. The van der Waals surface area contributed by atoms with Crippen molar-refractivity contribution in [3.63, 3.8) is 0 Å². The van der Waals surface area contributed by atoms with Crippen molar-refractivity contribution < 1.29 is 4.79 Å². The molecule has 0 unspecified atom stereocenters. The van der Waals surface area contributed by atoms with Crippen LogP contribution in [-0.2, 0) is 11.3 Å². The highest BCUT2D eigenvalue weighted by Crippen LogP contribution is 2.26. The van der Waals surface area contributed by atoms with Gasteiger partial charge in [-0.15, -0.1) is 0 Å². The van der Waals surface area contributed by atoms with Crippen LogP contribution in [0.2, 0.25) is 0 Å². The van der Waals surface area contributed by atoms with Gasteiger partial charge in [-0.05, 0) is 31.4 Å². The number of benzene rings is 2. The smallest absolute Gasteiger partial charge is 0.226 e. The van der Waals surface area contributed by atoms with Gasteiger partial charge < -0.3 is 4.90 Å². The van der Waals surface area contributed by atoms with Gasteiger partial charge in [0.2, 0.25) is 5.91 Å². The van der Waals surface area contributed by atoms with E-state index in [1.165, 1.54) is 0 Å². The zero-order valence-electron chi connectivity index (χ0n) is 16.2. The van der Waals surface area contributed by atoms with Crippen molar-refractivity contribution in [1.82, 2.24) is 14.7 Å². The quantitative estimate of drug-likeness (QED) is 0.601. The van der Waals surface area contributed by atoms with Gasteiger partial charge in [-0.2, -0.15) is 5.10 Å². The van der Waals surface area contributed by atoms with Crippen LogP contribution in [0.4, 0.5) is 0 Å². The topological polar surface area (TPSA) is 38.1 Å². The van der Waals surface area contributed by atoms with E-state index in [0.717, 1.165) is 41.8 Å². The summed E-state index contributed by atoms with van der Waals surface area (Å²) < 4.78 is 1.90. The van der Waals surface area contributed by atoms with E-state index in [1.807, 2.05) is 71.4 Å². The molecule has 0 N–H and O–H groups in total. The monoisotopic (exact) mass is 371 g/mol. The molecule has 0 bridgehead atoms. The van der Waals surface area contributed by atoms with E-state index in [-0.39, 0.29) is 11.8 Å². The van der Waals surface area contributed by atoms with Gasteiger partial charge in [0.1, 0.15) is 0 Å². The van der Waals surface area contributed by atoms with Gasteiger partial charge in [0.15, 0.2) is 0 Å². The minimum Gasteiger partial charge on any atom is -0.341 e. The van der Waals surface area contributed by atoms with Gasteiger partial charge in [-0.1, -0.05) is 60.7 Å². The maximum absolute atomic E-state index is 12.9. The zero-order chi connectivity index (χ0) is 19.3. The Labute approximate surface area is 166 Å². The third kappa shape index (κ3) is 3.91. The zero-order valence-corrected chi connectivity index (χ0v) is 16.2. The van der Waals surface area contributed by atoms with Crippen LogP contribution in [0, 0.1) is 5.92 Å². The van der Waals surface area contributed by atoms with Crippen LogP contribution < -0.4 is 0 Å². The van der Waals surface area contributed by atoms with E-state index < -0.39 is 0 Å². The number of para-hydroxylation sites is 1. The highest BCUT2D eigenvalue weighted by atomic mass is 16.2. The summed E-state index contributed by atoms with van der Waals surface area (Å²) in [6, 6.07) is 20.2. The summed E-state index contributed by atoms with van der Waals surface area (Å²) >= 11 is 0. The maximum atomic E-state index is 12.9. The molecule has 1 aliphatic rings. The van der Waals surface area contributed by atoms with Gasteiger partial charge in [-0.3, -0.25) is 4.79 Å². The number of hydrogen-bond donors (Lipinski definition) is 0. The maximum Gasteiger partial charge on any atom is 0.226 e. The molecule has 0 radical (unpaired) electrons. The third-order valence-corrected chi connectivity index (χ3v) is 5.26. The first-order chi connectivity index (χ1) is 13.7. The molecule has 1 aromatic heterocycles. The second kappa shape index (κ2) is 8.26. The Bertz CT molecular complexity index is 960. The van der Waals surface area contributed by atoms with Crippen LogP contribution in [0.1, 0.15) is 24.8 Å². The Balaban J connectivity index is 1.64. The van der Waals surface area contributed by atoms with Crippen molar-refractivity contribution in [3.8, 4) is 16.9 Å². The number of allylic oxidation sites excluding steroid dienone is 2. The van der Waals surface area contributed by atoms with E-state index in [2.05, 4.69) is 24.3 Å². The lowest BCUT2D eigenvalue weighted by molar-refractivity contribution is -0.134. The van der Waals surface area contributed by atoms with Gasteiger partial charge in [0.05, 0.1) is 11.4 Å². The Kier molecular flexibility index (Phi) is 5.38. The molecule has 3 aromatic rings. The molecule has 4 heteroatoms. The van der Waals surface area contributed by atoms with Gasteiger partial charge >= 0.3 is 0 Å². The van der Waals surface area contributed by atoms with Crippen LogP contribution in [0.15, 0.2) is 79.0 Å². The molecular formula is C24H25N3O. The molecule has 2 aromatic carbocycles. The number of rotatable bonds is 5. The summed E-state index contributed by atoms with van der Waals surface area (Å²) in [5.41, 5.74) is 4.05. The van der Waals surface area contributed by atoms with E-state index >= 15 is 0 Å². The van der Waals surface area contributed by atoms with Gasteiger partial charge in [0.25, 0.3) is 0 Å². The summed E-state index contributed by atoms with van der Waals surface area (Å²) in [6.07, 6.45) is 9.12. The lowest BCUT2D eigenvalue weighted by atomic mass is 9.93.